The topological polar surface area (TPSA) is 185 Å². The fourth-order valence-electron chi connectivity index (χ4n) is 4.12. The number of aliphatic hydroxyl groups is 1. The van der Waals surface area contributed by atoms with Gasteiger partial charge in [-0.25, -0.2) is 13.9 Å². The van der Waals surface area contributed by atoms with Gasteiger partial charge in [0, 0.05) is 7.05 Å². The Bertz CT molecular complexity index is 1410. The molecule has 0 bridgehead atoms. The van der Waals surface area contributed by atoms with E-state index in [1.54, 1.807) is 32.2 Å². The summed E-state index contributed by atoms with van der Waals surface area (Å²) in [5, 5.41) is 16.3. The Hall–Kier alpha value is -3.62. The van der Waals surface area contributed by atoms with Crippen molar-refractivity contribution in [3.8, 4) is 5.75 Å². The molecule has 1 aromatic carbocycles. The van der Waals surface area contributed by atoms with Gasteiger partial charge in [-0.1, -0.05) is 24.8 Å². The van der Waals surface area contributed by atoms with Crippen LogP contribution in [0.5, 0.6) is 5.75 Å². The number of carbonyl (C=O) groups is 1. The van der Waals surface area contributed by atoms with E-state index in [0.717, 1.165) is 6.08 Å². The Morgan fingerprint density at radius 3 is 2.77 bits per heavy atom. The summed E-state index contributed by atoms with van der Waals surface area (Å²) < 4.78 is 53.2. The molecule has 1 saturated heterocycles. The number of anilines is 2. The van der Waals surface area contributed by atoms with Crippen LogP contribution < -0.4 is 20.7 Å². The second-order valence-corrected chi connectivity index (χ2v) is 10.5. The number of nitrogens with zero attached hydrogens (tertiary/aromatic N) is 4. The Morgan fingerprint density at radius 1 is 1.40 bits per heavy atom. The predicted molar refractivity (Wildman–Crippen MR) is 143 cm³/mol. The summed E-state index contributed by atoms with van der Waals surface area (Å²) in [6.07, 6.45) is -2.51. The van der Waals surface area contributed by atoms with Crippen molar-refractivity contribution in [1.29, 1.82) is 0 Å². The molecule has 1 unspecified atom stereocenters. The molecule has 1 fully saturated rings. The second kappa shape index (κ2) is 11.9. The third kappa shape index (κ3) is 5.78. The number of nitrogens with two attached hydrogens (primary N) is 1. The van der Waals surface area contributed by atoms with E-state index in [-0.39, 0.29) is 24.0 Å². The molecule has 0 radical (unpaired) electrons. The molecular formula is C24H31FN7O7P. The molecule has 3 aromatic rings. The van der Waals surface area contributed by atoms with Gasteiger partial charge in [-0.15, -0.1) is 0 Å². The van der Waals surface area contributed by atoms with Crippen LogP contribution in [0.1, 0.15) is 20.1 Å². The Labute approximate surface area is 229 Å². The van der Waals surface area contributed by atoms with E-state index < -0.39 is 50.5 Å². The van der Waals surface area contributed by atoms with Crippen LogP contribution in [0.2, 0.25) is 0 Å². The number of esters is 1. The van der Waals surface area contributed by atoms with Gasteiger partial charge in [0.05, 0.1) is 19.5 Å². The summed E-state index contributed by atoms with van der Waals surface area (Å²) >= 11 is 0. The van der Waals surface area contributed by atoms with Crippen LogP contribution >= 0.6 is 7.75 Å². The lowest BCUT2D eigenvalue weighted by Gasteiger charge is -2.26. The number of aromatic nitrogens is 4. The van der Waals surface area contributed by atoms with Crippen LogP contribution in [0.15, 0.2) is 49.3 Å². The van der Waals surface area contributed by atoms with E-state index in [4.69, 9.17) is 24.3 Å². The number of rotatable bonds is 12. The maximum Gasteiger partial charge on any atom is 0.459 e. The number of nitrogen functional groups attached to an aromatic ring is 1. The van der Waals surface area contributed by atoms with Crippen molar-refractivity contribution in [2.24, 2.45) is 0 Å². The number of fused-ring (bicyclic) bond motifs is 1. The van der Waals surface area contributed by atoms with Crippen LogP contribution in [0.4, 0.5) is 16.2 Å². The minimum atomic E-state index is -4.30. The van der Waals surface area contributed by atoms with E-state index in [9.17, 15) is 14.5 Å². The first kappa shape index (κ1) is 29.4. The van der Waals surface area contributed by atoms with Gasteiger partial charge in [-0.05, 0) is 32.1 Å². The lowest BCUT2D eigenvalue weighted by Crippen LogP contribution is -2.42. The summed E-state index contributed by atoms with van der Waals surface area (Å²) in [7, 11) is -2.68. The molecule has 216 valence electrons. The maximum absolute atomic E-state index is 16.2. The third-order valence-electron chi connectivity index (χ3n) is 6.10. The zero-order chi connectivity index (χ0) is 29.1. The molecule has 14 nitrogen and oxygen atoms in total. The number of halogens is 1. The van der Waals surface area contributed by atoms with Gasteiger partial charge in [0.2, 0.25) is 11.6 Å². The average molecular weight is 580 g/mol. The van der Waals surface area contributed by atoms with Crippen molar-refractivity contribution in [2.45, 2.75) is 44.0 Å². The molecule has 16 heteroatoms. The zero-order valence-electron chi connectivity index (χ0n) is 22.1. The quantitative estimate of drug-likeness (QED) is 0.139. The predicted octanol–water partition coefficient (Wildman–Crippen LogP) is 2.35. The van der Waals surface area contributed by atoms with E-state index in [1.165, 1.54) is 30.0 Å². The number of para-hydroxylation sites is 1. The summed E-state index contributed by atoms with van der Waals surface area (Å²) in [6.45, 7) is 6.08. The number of carbonyl (C=O) groups excluding carboxylic acids is 1. The van der Waals surface area contributed by atoms with Crippen molar-refractivity contribution in [2.75, 3.05) is 31.3 Å². The molecule has 6 atom stereocenters. The normalized spacial score (nSPS) is 24.8. The zero-order valence-corrected chi connectivity index (χ0v) is 23.0. The first-order valence-corrected chi connectivity index (χ1v) is 13.9. The monoisotopic (exact) mass is 579 g/mol. The standard InChI is InChI=1S/C24H31FN7O7P/c1-5-24(25)18(33)16(38-22(24)32-13-28-17-19(27-4)29-23(26)30-20(17)32)12-37-40(35,31-14(3)21(34)36-6-2)39-15-10-8-7-9-11-15/h5,7-11,13-14,16,18,22,33H,1,6,12H2,2-4H3,(H,31,35)(H3,26,27,29,30)/t14-,16+,18+,22+,24+,40?/m0/s1. The first-order valence-electron chi connectivity index (χ1n) is 12.3. The van der Waals surface area contributed by atoms with Crippen molar-refractivity contribution in [3.63, 3.8) is 0 Å². The number of hydrogen-bond donors (Lipinski definition) is 4. The van der Waals surface area contributed by atoms with Gasteiger partial charge in [0.15, 0.2) is 23.2 Å². The fourth-order valence-corrected chi connectivity index (χ4v) is 5.63. The maximum atomic E-state index is 16.2. The fraction of sp³-hybridized carbons (Fsp3) is 0.417. The molecule has 40 heavy (non-hydrogen) atoms. The third-order valence-corrected chi connectivity index (χ3v) is 7.74. The number of benzene rings is 1. The second-order valence-electron chi connectivity index (χ2n) is 8.81. The number of ether oxygens (including phenoxy) is 2. The first-order chi connectivity index (χ1) is 19.0. The number of hydrogen-bond acceptors (Lipinski definition) is 12. The summed E-state index contributed by atoms with van der Waals surface area (Å²) in [4.78, 5) is 24.6. The van der Waals surface area contributed by atoms with Crippen molar-refractivity contribution < 1.29 is 37.4 Å². The summed E-state index contributed by atoms with van der Waals surface area (Å²) in [5.74, 6) is -0.304. The number of imidazole rings is 1. The van der Waals surface area contributed by atoms with Crippen LogP contribution in [-0.4, -0.2) is 74.8 Å². The lowest BCUT2D eigenvalue weighted by molar-refractivity contribution is -0.144. The highest BCUT2D eigenvalue weighted by Crippen LogP contribution is 2.48. The minimum Gasteiger partial charge on any atom is -0.465 e. The van der Waals surface area contributed by atoms with Gasteiger partial charge in [0.25, 0.3) is 0 Å². The Morgan fingerprint density at radius 2 is 2.12 bits per heavy atom. The molecule has 0 saturated carbocycles. The summed E-state index contributed by atoms with van der Waals surface area (Å²) in [6, 6.07) is 7.00. The molecule has 0 amide bonds. The van der Waals surface area contributed by atoms with E-state index in [1.807, 2.05) is 0 Å². The van der Waals surface area contributed by atoms with E-state index in [2.05, 4.69) is 31.9 Å². The summed E-state index contributed by atoms with van der Waals surface area (Å²) in [5.41, 5.74) is 3.70. The molecule has 1 aliphatic heterocycles. The number of alkyl halides is 1. The largest absolute Gasteiger partial charge is 0.465 e. The van der Waals surface area contributed by atoms with Crippen LogP contribution in [-0.2, 0) is 23.4 Å². The molecule has 3 heterocycles. The molecule has 2 aromatic heterocycles. The Balaban J connectivity index is 1.60. The van der Waals surface area contributed by atoms with Gasteiger partial charge in [0.1, 0.15) is 24.0 Å². The number of nitrogens with one attached hydrogen (secondary N) is 2. The van der Waals surface area contributed by atoms with Gasteiger partial charge < -0.3 is 30.2 Å². The van der Waals surface area contributed by atoms with Crippen molar-refractivity contribution in [3.05, 3.63) is 49.3 Å². The highest BCUT2D eigenvalue weighted by molar-refractivity contribution is 7.52. The van der Waals surface area contributed by atoms with E-state index >= 15 is 4.39 Å². The van der Waals surface area contributed by atoms with Gasteiger partial charge >= 0.3 is 13.7 Å². The van der Waals surface area contributed by atoms with Crippen LogP contribution in [0.25, 0.3) is 11.2 Å². The molecule has 0 spiro atoms. The van der Waals surface area contributed by atoms with Crippen molar-refractivity contribution >= 4 is 36.6 Å². The van der Waals surface area contributed by atoms with Crippen LogP contribution in [0, 0.1) is 0 Å². The molecule has 4 rings (SSSR count). The smallest absolute Gasteiger partial charge is 0.459 e. The highest BCUT2D eigenvalue weighted by atomic mass is 31.2. The number of aliphatic hydroxyl groups excluding tert-OH is 1. The molecule has 5 N–H and O–H groups in total. The Kier molecular flexibility index (Phi) is 8.71. The van der Waals surface area contributed by atoms with Crippen LogP contribution in [0.3, 0.4) is 0 Å². The molecule has 0 aliphatic carbocycles. The van der Waals surface area contributed by atoms with E-state index in [0.29, 0.717) is 11.3 Å². The van der Waals surface area contributed by atoms with Crippen molar-refractivity contribution in [1.82, 2.24) is 24.6 Å². The van der Waals surface area contributed by atoms with Gasteiger partial charge in [-0.2, -0.15) is 15.1 Å². The average Bonchev–Trinajstić information content (AvgIpc) is 3.46. The highest BCUT2D eigenvalue weighted by Gasteiger charge is 2.57. The SMILES string of the molecule is C=C[C@@]1(F)[C@H](O)[C@@H](COP(=O)(N[C@@H](C)C(=O)OCC)Oc2ccccc2)O[C@H]1n1cnc2c(NC)nc(N)nc21. The molecule has 1 aliphatic rings. The lowest BCUT2D eigenvalue weighted by atomic mass is 9.96. The van der Waals surface area contributed by atoms with Gasteiger partial charge in [-0.3, -0.25) is 13.9 Å². The molecular weight excluding hydrogens is 548 g/mol. The minimum absolute atomic E-state index is 0.0964.